The zero-order valence-corrected chi connectivity index (χ0v) is 10.4. The van der Waals surface area contributed by atoms with Crippen LogP contribution in [0.1, 0.15) is 11.4 Å². The van der Waals surface area contributed by atoms with Gasteiger partial charge in [0.25, 0.3) is 0 Å². The zero-order chi connectivity index (χ0) is 13.7. The summed E-state index contributed by atoms with van der Waals surface area (Å²) >= 11 is 5.77. The lowest BCUT2D eigenvalue weighted by Gasteiger charge is -2.06. The van der Waals surface area contributed by atoms with Crippen LogP contribution >= 0.6 is 11.6 Å². The van der Waals surface area contributed by atoms with E-state index >= 15 is 0 Å². The first-order chi connectivity index (χ1) is 8.14. The number of nitrogens with one attached hydrogen (secondary N) is 1. The fourth-order valence-corrected chi connectivity index (χ4v) is 1.92. The van der Waals surface area contributed by atoms with E-state index in [-0.39, 0.29) is 16.1 Å². The van der Waals surface area contributed by atoms with E-state index < -0.39 is 21.3 Å². The molecular formula is C9H6ClF3N2O2S. The second-order valence-corrected chi connectivity index (χ2v) is 5.40. The van der Waals surface area contributed by atoms with Gasteiger partial charge < -0.3 is 4.98 Å². The van der Waals surface area contributed by atoms with Gasteiger partial charge in [0.05, 0.1) is 11.0 Å². The van der Waals surface area contributed by atoms with Gasteiger partial charge in [-0.1, -0.05) is 15.5 Å². The monoisotopic (exact) mass is 298 g/mol. The van der Waals surface area contributed by atoms with E-state index in [0.29, 0.717) is 5.56 Å². The largest absolute Gasteiger partial charge is 0.430 e. The number of alkyl halides is 2. The molecule has 4 nitrogen and oxygen atoms in total. The molecule has 1 aromatic heterocycles. The van der Waals surface area contributed by atoms with Crippen LogP contribution in [0.15, 0.2) is 12.1 Å². The molecule has 2 aromatic rings. The predicted octanol–water partition coefficient (Wildman–Crippen LogP) is 2.87. The molecule has 1 aromatic carbocycles. The van der Waals surface area contributed by atoms with Crippen molar-refractivity contribution < 1.29 is 21.1 Å². The fourth-order valence-electron chi connectivity index (χ4n) is 1.44. The van der Waals surface area contributed by atoms with Crippen LogP contribution in [-0.2, 0) is 15.5 Å². The molecule has 2 rings (SSSR count). The molecule has 0 aliphatic carbocycles. The van der Waals surface area contributed by atoms with Crippen LogP contribution in [0.5, 0.6) is 0 Å². The van der Waals surface area contributed by atoms with Crippen molar-refractivity contribution in [2.45, 2.75) is 12.2 Å². The molecule has 1 N–H and O–H groups in total. The molecule has 9 heteroatoms. The van der Waals surface area contributed by atoms with Gasteiger partial charge in [-0.2, -0.15) is 17.2 Å². The number of halogens is 4. The molecule has 0 unspecified atom stereocenters. The molecule has 0 aliphatic heterocycles. The minimum Gasteiger partial charge on any atom is -0.336 e. The Morgan fingerprint density at radius 1 is 1.39 bits per heavy atom. The van der Waals surface area contributed by atoms with Crippen LogP contribution in [-0.4, -0.2) is 18.4 Å². The molecule has 0 atom stereocenters. The van der Waals surface area contributed by atoms with Gasteiger partial charge in [-0.3, -0.25) is 0 Å². The Labute approximate surface area is 105 Å². The smallest absolute Gasteiger partial charge is 0.336 e. The third kappa shape index (κ3) is 1.85. The summed E-state index contributed by atoms with van der Waals surface area (Å²) in [5.74, 6) is -1.27. The number of imidazole rings is 1. The molecule has 0 saturated carbocycles. The molecule has 0 amide bonds. The Kier molecular flexibility index (Phi) is 2.82. The lowest BCUT2D eigenvalue weighted by atomic mass is 10.2. The van der Waals surface area contributed by atoms with E-state index in [4.69, 9.17) is 11.6 Å². The standard InChI is InChI=1S/C9H6ClF3N2O2S/c1-4-5(10)2-3-6-7(4)15-8(14-6)9(11,12)18(13,16)17/h2-3H,1H3,(H,14,15). The van der Waals surface area contributed by atoms with Gasteiger partial charge >= 0.3 is 15.5 Å². The van der Waals surface area contributed by atoms with Crippen molar-refractivity contribution in [3.05, 3.63) is 28.5 Å². The maximum Gasteiger partial charge on any atom is 0.430 e. The number of fused-ring (bicyclic) bond motifs is 1. The van der Waals surface area contributed by atoms with Crippen molar-refractivity contribution in [1.82, 2.24) is 9.97 Å². The Morgan fingerprint density at radius 3 is 2.56 bits per heavy atom. The lowest BCUT2D eigenvalue weighted by Crippen LogP contribution is -2.23. The van der Waals surface area contributed by atoms with Gasteiger partial charge in [-0.15, -0.1) is 0 Å². The molecule has 0 aliphatic rings. The van der Waals surface area contributed by atoms with Crippen LogP contribution in [0.2, 0.25) is 5.02 Å². The average molecular weight is 299 g/mol. The van der Waals surface area contributed by atoms with E-state index in [1.807, 2.05) is 0 Å². The SMILES string of the molecule is Cc1c(Cl)ccc2[nH]c(C(F)(F)S(=O)(=O)F)nc12. The summed E-state index contributed by atoms with van der Waals surface area (Å²) in [6, 6.07) is 2.78. The van der Waals surface area contributed by atoms with Crippen LogP contribution in [0.25, 0.3) is 11.0 Å². The number of aromatic nitrogens is 2. The Morgan fingerprint density at radius 2 is 2.00 bits per heavy atom. The first-order valence-corrected chi connectivity index (χ1v) is 6.38. The predicted molar refractivity (Wildman–Crippen MR) is 59.8 cm³/mol. The van der Waals surface area contributed by atoms with Gasteiger partial charge in [-0.05, 0) is 24.6 Å². The summed E-state index contributed by atoms with van der Waals surface area (Å²) in [6.45, 7) is 1.53. The third-order valence-corrected chi connectivity index (χ3v) is 3.64. The van der Waals surface area contributed by atoms with Crippen molar-refractivity contribution >= 4 is 32.9 Å². The maximum absolute atomic E-state index is 13.2. The number of H-pyrrole nitrogens is 1. The van der Waals surface area contributed by atoms with E-state index in [0.717, 1.165) is 0 Å². The lowest BCUT2D eigenvalue weighted by molar-refractivity contribution is 0.0755. The van der Waals surface area contributed by atoms with Crippen LogP contribution in [0, 0.1) is 6.92 Å². The van der Waals surface area contributed by atoms with E-state index in [9.17, 15) is 21.1 Å². The molecular weight excluding hydrogens is 293 g/mol. The number of rotatable bonds is 2. The summed E-state index contributed by atoms with van der Waals surface area (Å²) in [7, 11) is -6.09. The van der Waals surface area contributed by atoms with Crippen molar-refractivity contribution in [2.24, 2.45) is 0 Å². The van der Waals surface area contributed by atoms with E-state index in [1.165, 1.54) is 19.1 Å². The average Bonchev–Trinajstić information content (AvgIpc) is 2.67. The molecule has 0 radical (unpaired) electrons. The highest BCUT2D eigenvalue weighted by Gasteiger charge is 2.50. The number of hydrogen-bond donors (Lipinski definition) is 1. The minimum absolute atomic E-state index is 0.0702. The first-order valence-electron chi connectivity index (χ1n) is 4.62. The highest BCUT2D eigenvalue weighted by Crippen LogP contribution is 2.35. The Balaban J connectivity index is 2.73. The summed E-state index contributed by atoms with van der Waals surface area (Å²) in [4.78, 5) is 5.47. The second-order valence-electron chi connectivity index (χ2n) is 3.61. The second kappa shape index (κ2) is 3.86. The van der Waals surface area contributed by atoms with Crippen molar-refractivity contribution in [3.8, 4) is 0 Å². The number of aromatic amines is 1. The number of benzene rings is 1. The van der Waals surface area contributed by atoms with Gasteiger partial charge in [0.1, 0.15) is 0 Å². The molecule has 0 saturated heterocycles. The topological polar surface area (TPSA) is 62.8 Å². The molecule has 0 bridgehead atoms. The normalized spacial score (nSPS) is 13.2. The van der Waals surface area contributed by atoms with Crippen molar-refractivity contribution in [2.75, 3.05) is 0 Å². The maximum atomic E-state index is 13.2. The molecule has 0 spiro atoms. The number of aryl methyl sites for hydroxylation is 1. The Bertz CT molecular complexity index is 727. The summed E-state index contributed by atoms with van der Waals surface area (Å²) < 4.78 is 59.7. The molecule has 0 fully saturated rings. The fraction of sp³-hybridized carbons (Fsp3) is 0.222. The molecule has 98 valence electrons. The van der Waals surface area contributed by atoms with E-state index in [1.54, 1.807) is 0 Å². The van der Waals surface area contributed by atoms with Crippen molar-refractivity contribution in [3.63, 3.8) is 0 Å². The van der Waals surface area contributed by atoms with Gasteiger partial charge in [0, 0.05) is 5.02 Å². The third-order valence-electron chi connectivity index (χ3n) is 2.42. The number of hydrogen-bond acceptors (Lipinski definition) is 3. The zero-order valence-electron chi connectivity index (χ0n) is 8.84. The Hall–Kier alpha value is -1.28. The highest BCUT2D eigenvalue weighted by molar-refractivity contribution is 7.87. The van der Waals surface area contributed by atoms with Gasteiger partial charge in [0.2, 0.25) is 0 Å². The molecule has 1 heterocycles. The molecule has 18 heavy (non-hydrogen) atoms. The highest BCUT2D eigenvalue weighted by atomic mass is 35.5. The summed E-state index contributed by atoms with van der Waals surface area (Å²) in [6.07, 6.45) is 0. The first kappa shape index (κ1) is 13.2. The van der Waals surface area contributed by atoms with Crippen LogP contribution < -0.4 is 0 Å². The van der Waals surface area contributed by atoms with Gasteiger partial charge in [-0.25, -0.2) is 4.98 Å². The van der Waals surface area contributed by atoms with Crippen LogP contribution in [0.4, 0.5) is 12.7 Å². The van der Waals surface area contributed by atoms with Crippen LogP contribution in [0.3, 0.4) is 0 Å². The quantitative estimate of drug-likeness (QED) is 0.867. The summed E-state index contributed by atoms with van der Waals surface area (Å²) in [5.41, 5.74) is 0.611. The summed E-state index contributed by atoms with van der Waals surface area (Å²) in [5, 5.41) is -4.43. The number of nitrogens with zero attached hydrogens (tertiary/aromatic N) is 1. The van der Waals surface area contributed by atoms with Gasteiger partial charge in [0.15, 0.2) is 5.82 Å². The minimum atomic E-state index is -6.09. The van der Waals surface area contributed by atoms with E-state index in [2.05, 4.69) is 9.97 Å². The van der Waals surface area contributed by atoms with Crippen molar-refractivity contribution in [1.29, 1.82) is 0 Å².